The van der Waals surface area contributed by atoms with Crippen molar-refractivity contribution in [1.29, 1.82) is 0 Å². The maximum Gasteiger partial charge on any atom is 0.337 e. The average Bonchev–Trinajstić information content (AvgIpc) is 2.93. The van der Waals surface area contributed by atoms with Crippen LogP contribution in [0.2, 0.25) is 0 Å². The first-order valence-corrected chi connectivity index (χ1v) is 8.43. The standard InChI is InChI=1S/C12H12N2O2S3/c1-16-10(15)9-5-3-8(4-6-9)7-18-12-14-13-11(17-2)19-12/h3-6H,7H2,1-2H3. The molecule has 1 aromatic carbocycles. The van der Waals surface area contributed by atoms with Crippen LogP contribution in [0.25, 0.3) is 0 Å². The van der Waals surface area contributed by atoms with E-state index in [-0.39, 0.29) is 5.97 Å². The molecule has 7 heteroatoms. The second-order valence-corrected chi connectivity index (χ2v) is 6.77. The van der Waals surface area contributed by atoms with Crippen LogP contribution in [0.15, 0.2) is 32.9 Å². The molecule has 0 bridgehead atoms. The van der Waals surface area contributed by atoms with Crippen LogP contribution in [0.1, 0.15) is 15.9 Å². The van der Waals surface area contributed by atoms with Crippen molar-refractivity contribution in [2.24, 2.45) is 0 Å². The van der Waals surface area contributed by atoms with Gasteiger partial charge in [-0.15, -0.1) is 10.2 Å². The van der Waals surface area contributed by atoms with Gasteiger partial charge in [0.2, 0.25) is 0 Å². The normalized spacial score (nSPS) is 10.4. The lowest BCUT2D eigenvalue weighted by molar-refractivity contribution is 0.0600. The van der Waals surface area contributed by atoms with Gasteiger partial charge >= 0.3 is 5.97 Å². The molecule has 0 amide bonds. The summed E-state index contributed by atoms with van der Waals surface area (Å²) < 4.78 is 6.59. The Morgan fingerprint density at radius 3 is 2.53 bits per heavy atom. The van der Waals surface area contributed by atoms with E-state index in [9.17, 15) is 4.79 Å². The van der Waals surface area contributed by atoms with E-state index in [1.54, 1.807) is 47.0 Å². The first-order valence-electron chi connectivity index (χ1n) is 5.40. The van der Waals surface area contributed by atoms with Gasteiger partial charge in [-0.1, -0.05) is 47.0 Å². The zero-order chi connectivity index (χ0) is 13.7. The van der Waals surface area contributed by atoms with E-state index in [0.717, 1.165) is 20.0 Å². The molecular formula is C12H12N2O2S3. The summed E-state index contributed by atoms with van der Waals surface area (Å²) in [6.45, 7) is 0. The second kappa shape index (κ2) is 6.93. The number of hydrogen-bond acceptors (Lipinski definition) is 7. The van der Waals surface area contributed by atoms with Gasteiger partial charge in [0.25, 0.3) is 0 Å². The van der Waals surface area contributed by atoms with E-state index in [1.165, 1.54) is 7.11 Å². The number of esters is 1. The van der Waals surface area contributed by atoms with Crippen LogP contribution in [0.4, 0.5) is 0 Å². The molecule has 2 aromatic rings. The van der Waals surface area contributed by atoms with Crippen molar-refractivity contribution < 1.29 is 9.53 Å². The highest BCUT2D eigenvalue weighted by Crippen LogP contribution is 2.29. The minimum atomic E-state index is -0.312. The smallest absolute Gasteiger partial charge is 0.337 e. The van der Waals surface area contributed by atoms with Crippen molar-refractivity contribution >= 4 is 40.8 Å². The van der Waals surface area contributed by atoms with Crippen LogP contribution in [-0.2, 0) is 10.5 Å². The van der Waals surface area contributed by atoms with Gasteiger partial charge in [-0.25, -0.2) is 4.79 Å². The molecule has 0 unspecified atom stereocenters. The molecule has 0 aliphatic carbocycles. The molecule has 0 saturated carbocycles. The number of aromatic nitrogens is 2. The predicted molar refractivity (Wildman–Crippen MR) is 79.0 cm³/mol. The lowest BCUT2D eigenvalue weighted by Crippen LogP contribution is -2.00. The van der Waals surface area contributed by atoms with Gasteiger partial charge in [0, 0.05) is 5.75 Å². The van der Waals surface area contributed by atoms with Crippen LogP contribution >= 0.6 is 34.9 Å². The van der Waals surface area contributed by atoms with E-state index in [4.69, 9.17) is 0 Å². The Bertz CT molecular complexity index is 554. The molecule has 0 aliphatic rings. The summed E-state index contributed by atoms with van der Waals surface area (Å²) in [4.78, 5) is 11.3. The number of nitrogens with zero attached hydrogens (tertiary/aromatic N) is 2. The van der Waals surface area contributed by atoms with Gasteiger partial charge in [-0.3, -0.25) is 0 Å². The fourth-order valence-electron chi connectivity index (χ4n) is 1.34. The Morgan fingerprint density at radius 2 is 1.95 bits per heavy atom. The topological polar surface area (TPSA) is 52.1 Å². The fraction of sp³-hybridized carbons (Fsp3) is 0.250. The van der Waals surface area contributed by atoms with Crippen LogP contribution in [-0.4, -0.2) is 29.5 Å². The van der Waals surface area contributed by atoms with E-state index < -0.39 is 0 Å². The maximum atomic E-state index is 11.3. The van der Waals surface area contributed by atoms with E-state index in [2.05, 4.69) is 14.9 Å². The molecule has 0 spiro atoms. The van der Waals surface area contributed by atoms with Crippen LogP contribution in [0.3, 0.4) is 0 Å². The summed E-state index contributed by atoms with van der Waals surface area (Å²) in [7, 11) is 1.38. The number of benzene rings is 1. The van der Waals surface area contributed by atoms with Gasteiger partial charge < -0.3 is 4.74 Å². The van der Waals surface area contributed by atoms with Gasteiger partial charge in [0.1, 0.15) is 0 Å². The Hall–Kier alpha value is -1.05. The van der Waals surface area contributed by atoms with Crippen molar-refractivity contribution in [3.8, 4) is 0 Å². The van der Waals surface area contributed by atoms with Gasteiger partial charge in [-0.2, -0.15) is 0 Å². The zero-order valence-electron chi connectivity index (χ0n) is 10.5. The SMILES string of the molecule is COC(=O)c1ccc(CSc2nnc(SC)s2)cc1. The molecule has 0 fully saturated rings. The molecule has 1 heterocycles. The van der Waals surface area contributed by atoms with Crippen molar-refractivity contribution in [1.82, 2.24) is 10.2 Å². The van der Waals surface area contributed by atoms with Gasteiger partial charge in [0.15, 0.2) is 8.68 Å². The number of hydrogen-bond donors (Lipinski definition) is 0. The molecule has 2 rings (SSSR count). The Morgan fingerprint density at radius 1 is 1.26 bits per heavy atom. The highest BCUT2D eigenvalue weighted by Gasteiger charge is 2.06. The molecule has 0 aliphatic heterocycles. The fourth-order valence-corrected chi connectivity index (χ4v) is 3.73. The quantitative estimate of drug-likeness (QED) is 0.623. The second-order valence-electron chi connectivity index (χ2n) is 3.52. The summed E-state index contributed by atoms with van der Waals surface area (Å²) in [6.07, 6.45) is 1.99. The van der Waals surface area contributed by atoms with Crippen LogP contribution in [0.5, 0.6) is 0 Å². The van der Waals surface area contributed by atoms with E-state index in [0.29, 0.717) is 5.56 Å². The average molecular weight is 312 g/mol. The zero-order valence-corrected chi connectivity index (χ0v) is 12.9. The van der Waals surface area contributed by atoms with Crippen molar-refractivity contribution in [2.45, 2.75) is 14.4 Å². The van der Waals surface area contributed by atoms with E-state index >= 15 is 0 Å². The Labute approximate surface area is 124 Å². The monoisotopic (exact) mass is 312 g/mol. The third-order valence-corrected chi connectivity index (χ3v) is 5.40. The molecule has 0 atom stereocenters. The number of thioether (sulfide) groups is 2. The summed E-state index contributed by atoms with van der Waals surface area (Å²) in [5.41, 5.74) is 1.70. The summed E-state index contributed by atoms with van der Waals surface area (Å²) in [5.74, 6) is 0.498. The molecular weight excluding hydrogens is 300 g/mol. The Kier molecular flexibility index (Phi) is 5.24. The lowest BCUT2D eigenvalue weighted by Gasteiger charge is -2.01. The third kappa shape index (κ3) is 3.95. The molecule has 0 radical (unpaired) electrons. The number of ether oxygens (including phenoxy) is 1. The van der Waals surface area contributed by atoms with E-state index in [1.807, 2.05) is 18.4 Å². The first-order chi connectivity index (χ1) is 9.22. The number of carbonyl (C=O) groups excluding carboxylic acids is 1. The molecule has 4 nitrogen and oxygen atoms in total. The lowest BCUT2D eigenvalue weighted by atomic mass is 10.1. The van der Waals surface area contributed by atoms with Crippen molar-refractivity contribution in [3.63, 3.8) is 0 Å². The summed E-state index contributed by atoms with van der Waals surface area (Å²) in [5, 5.41) is 8.14. The van der Waals surface area contributed by atoms with Gasteiger partial charge in [-0.05, 0) is 24.0 Å². The highest BCUT2D eigenvalue weighted by atomic mass is 32.2. The third-order valence-electron chi connectivity index (χ3n) is 2.30. The molecule has 0 saturated heterocycles. The van der Waals surface area contributed by atoms with Crippen LogP contribution < -0.4 is 0 Å². The molecule has 100 valence electrons. The Balaban J connectivity index is 1.94. The number of rotatable bonds is 5. The molecule has 1 aromatic heterocycles. The van der Waals surface area contributed by atoms with Crippen molar-refractivity contribution in [2.75, 3.05) is 13.4 Å². The maximum absolute atomic E-state index is 11.3. The predicted octanol–water partition coefficient (Wildman–Crippen LogP) is 3.34. The minimum absolute atomic E-state index is 0.312. The first kappa shape index (κ1) is 14.4. The molecule has 19 heavy (non-hydrogen) atoms. The molecule has 0 N–H and O–H groups in total. The van der Waals surface area contributed by atoms with Gasteiger partial charge in [0.05, 0.1) is 12.7 Å². The largest absolute Gasteiger partial charge is 0.465 e. The minimum Gasteiger partial charge on any atom is -0.465 e. The number of methoxy groups -OCH3 is 1. The number of carbonyl (C=O) groups is 1. The van der Waals surface area contributed by atoms with Crippen LogP contribution in [0, 0.1) is 0 Å². The summed E-state index contributed by atoms with van der Waals surface area (Å²) >= 11 is 4.84. The van der Waals surface area contributed by atoms with Crippen molar-refractivity contribution in [3.05, 3.63) is 35.4 Å². The summed E-state index contributed by atoms with van der Waals surface area (Å²) in [6, 6.07) is 7.40. The highest BCUT2D eigenvalue weighted by molar-refractivity contribution is 8.02.